The number of nitrogens with zero attached hydrogens (tertiary/aromatic N) is 7. The number of hydrogen-bond acceptors (Lipinski definition) is 11. The number of amides is 3. The summed E-state index contributed by atoms with van der Waals surface area (Å²) in [4.78, 5) is 68.9. The molecule has 3 amide bonds. The molecule has 1 aromatic carbocycles. The predicted octanol–water partition coefficient (Wildman–Crippen LogP) is 4.96. The highest BCUT2D eigenvalue weighted by atomic mass is 35.5. The number of likely N-dealkylation sites (tertiary alicyclic amines) is 1. The van der Waals surface area contributed by atoms with Gasteiger partial charge in [-0.05, 0) is 82.4 Å². The molecule has 15 nitrogen and oxygen atoms in total. The van der Waals surface area contributed by atoms with E-state index in [-0.39, 0.29) is 11.8 Å². The fourth-order valence-electron chi connectivity index (χ4n) is 6.19. The van der Waals surface area contributed by atoms with E-state index in [9.17, 15) is 24.3 Å². The molecule has 3 aromatic rings. The number of piperidine rings is 1. The molecule has 2 saturated heterocycles. The van der Waals surface area contributed by atoms with Crippen molar-refractivity contribution >= 4 is 53.0 Å². The summed E-state index contributed by atoms with van der Waals surface area (Å²) in [5.74, 6) is 0.000990. The number of pyridine rings is 1. The van der Waals surface area contributed by atoms with Crippen LogP contribution in [0.1, 0.15) is 46.1 Å². The van der Waals surface area contributed by atoms with Crippen LogP contribution in [-0.2, 0) is 25.7 Å². The van der Waals surface area contributed by atoms with E-state index in [0.717, 1.165) is 42.0 Å². The highest BCUT2D eigenvalue weighted by molar-refractivity contribution is 6.35. The lowest BCUT2D eigenvalue weighted by Gasteiger charge is -2.35. The van der Waals surface area contributed by atoms with Gasteiger partial charge in [0.25, 0.3) is 0 Å². The number of ether oxygens (including phenoxy) is 2. The number of aromatic nitrogens is 3. The van der Waals surface area contributed by atoms with Crippen molar-refractivity contribution in [2.24, 2.45) is 5.92 Å². The van der Waals surface area contributed by atoms with Crippen LogP contribution in [0.4, 0.5) is 10.7 Å². The zero-order valence-corrected chi connectivity index (χ0v) is 32.4. The SMILES string of the molecule is CC(=O)NCC1CCN(Cc2cc(Oc3cnc(N4CCN(C(=O)CN(CC(=O)O)C(=O)OC(C)(C)C)CC4)nc3)nc(-c3cc(Cl)cc(Cl)c3)c2)CC1. The van der Waals surface area contributed by atoms with Crippen LogP contribution in [0, 0.1) is 5.92 Å². The van der Waals surface area contributed by atoms with Gasteiger partial charge in [0.1, 0.15) is 18.7 Å². The lowest BCUT2D eigenvalue weighted by molar-refractivity contribution is -0.139. The monoisotopic (exact) mass is 784 g/mol. The molecule has 290 valence electrons. The molecule has 2 N–H and O–H groups in total. The molecule has 0 aliphatic carbocycles. The molecular formula is C37H46Cl2N8O7. The van der Waals surface area contributed by atoms with Crippen LogP contribution < -0.4 is 15.0 Å². The number of hydrogen-bond donors (Lipinski definition) is 2. The summed E-state index contributed by atoms with van der Waals surface area (Å²) < 4.78 is 11.5. The molecule has 5 rings (SSSR count). The molecule has 4 heterocycles. The summed E-state index contributed by atoms with van der Waals surface area (Å²) in [7, 11) is 0. The summed E-state index contributed by atoms with van der Waals surface area (Å²) in [6, 6.07) is 9.16. The van der Waals surface area contributed by atoms with Gasteiger partial charge in [-0.15, -0.1) is 0 Å². The number of anilines is 1. The number of carboxylic acids is 1. The number of benzene rings is 1. The number of carboxylic acid groups (broad SMARTS) is 1. The molecule has 0 radical (unpaired) electrons. The Balaban J connectivity index is 1.22. The molecule has 0 saturated carbocycles. The molecule has 2 aliphatic heterocycles. The normalized spacial score (nSPS) is 15.4. The average Bonchev–Trinajstić information content (AvgIpc) is 3.10. The van der Waals surface area contributed by atoms with E-state index in [1.165, 1.54) is 6.92 Å². The molecule has 2 aliphatic rings. The number of halogens is 2. The van der Waals surface area contributed by atoms with Crippen LogP contribution in [0.2, 0.25) is 10.0 Å². The third kappa shape index (κ3) is 12.1. The molecule has 0 spiro atoms. The second kappa shape index (κ2) is 18.1. The lowest BCUT2D eigenvalue weighted by Crippen LogP contribution is -2.53. The first kappa shape index (κ1) is 40.5. The van der Waals surface area contributed by atoms with Gasteiger partial charge in [0.2, 0.25) is 23.6 Å². The fraction of sp³-hybridized carbons (Fsp3) is 0.486. The maximum Gasteiger partial charge on any atom is 0.411 e. The van der Waals surface area contributed by atoms with Gasteiger partial charge in [-0.2, -0.15) is 0 Å². The third-order valence-corrected chi connectivity index (χ3v) is 9.27. The zero-order chi connectivity index (χ0) is 39.0. The molecule has 17 heteroatoms. The van der Waals surface area contributed by atoms with E-state index in [1.807, 2.05) is 17.0 Å². The van der Waals surface area contributed by atoms with Crippen LogP contribution in [0.15, 0.2) is 42.7 Å². The summed E-state index contributed by atoms with van der Waals surface area (Å²) in [6.45, 7) is 10.2. The minimum atomic E-state index is -1.24. The highest BCUT2D eigenvalue weighted by Gasteiger charge is 2.29. The van der Waals surface area contributed by atoms with Crippen molar-refractivity contribution in [3.8, 4) is 22.9 Å². The van der Waals surface area contributed by atoms with Gasteiger partial charge in [-0.3, -0.25) is 24.2 Å². The standard InChI is InChI=1S/C37H46Cl2N8O7/c1-24(48)40-18-25-5-7-44(8-6-25)21-26-13-31(27-15-28(38)17-29(39)16-27)43-32(14-26)53-30-19-41-35(42-20-30)46-11-9-45(10-12-46)33(49)22-47(23-34(50)51)36(52)54-37(2,3)4/h13-17,19-20,25H,5-12,18,21-23H2,1-4H3,(H,40,48)(H,50,51). The second-order valence-corrected chi connectivity index (χ2v) is 15.3. The summed E-state index contributed by atoms with van der Waals surface area (Å²) >= 11 is 12.7. The fourth-order valence-corrected chi connectivity index (χ4v) is 6.71. The van der Waals surface area contributed by atoms with Gasteiger partial charge in [0.05, 0.1) is 18.1 Å². The summed E-state index contributed by atoms with van der Waals surface area (Å²) in [5, 5.41) is 13.2. The summed E-state index contributed by atoms with van der Waals surface area (Å²) in [6.07, 6.45) is 4.24. The van der Waals surface area contributed by atoms with Gasteiger partial charge < -0.3 is 29.7 Å². The van der Waals surface area contributed by atoms with Gasteiger partial charge in [0, 0.05) is 67.9 Å². The maximum absolute atomic E-state index is 13.0. The van der Waals surface area contributed by atoms with Gasteiger partial charge in [-0.1, -0.05) is 23.2 Å². The number of carbonyl (C=O) groups is 4. The van der Waals surface area contributed by atoms with E-state index in [4.69, 9.17) is 37.7 Å². The number of aliphatic carboxylic acids is 1. The first-order valence-electron chi connectivity index (χ1n) is 17.8. The van der Waals surface area contributed by atoms with Crippen LogP contribution in [0.3, 0.4) is 0 Å². The van der Waals surface area contributed by atoms with Crippen molar-refractivity contribution in [3.05, 3.63) is 58.3 Å². The van der Waals surface area contributed by atoms with E-state index in [1.54, 1.807) is 56.3 Å². The van der Waals surface area contributed by atoms with E-state index >= 15 is 0 Å². The van der Waals surface area contributed by atoms with Gasteiger partial charge in [0.15, 0.2) is 5.75 Å². The van der Waals surface area contributed by atoms with E-state index in [2.05, 4.69) is 20.2 Å². The summed E-state index contributed by atoms with van der Waals surface area (Å²) in [5.41, 5.74) is 1.55. The number of carbonyl (C=O) groups excluding carboxylic acids is 3. The van der Waals surface area contributed by atoms with Crippen molar-refractivity contribution in [1.29, 1.82) is 0 Å². The highest BCUT2D eigenvalue weighted by Crippen LogP contribution is 2.31. The number of nitrogens with one attached hydrogen (secondary N) is 1. The predicted molar refractivity (Wildman–Crippen MR) is 203 cm³/mol. The molecule has 2 aromatic heterocycles. The topological polar surface area (TPSA) is 171 Å². The van der Waals surface area contributed by atoms with Gasteiger partial charge in [-0.25, -0.2) is 19.7 Å². The number of piperazine rings is 1. The molecule has 0 unspecified atom stereocenters. The van der Waals surface area contributed by atoms with E-state index < -0.39 is 30.8 Å². The van der Waals surface area contributed by atoms with E-state index in [0.29, 0.717) is 78.5 Å². The van der Waals surface area contributed by atoms with Crippen molar-refractivity contribution in [2.45, 2.75) is 52.7 Å². The Bertz CT molecular complexity index is 1790. The third-order valence-electron chi connectivity index (χ3n) is 8.83. The lowest BCUT2D eigenvalue weighted by atomic mass is 9.96. The first-order valence-corrected chi connectivity index (χ1v) is 18.5. The Morgan fingerprint density at radius 1 is 0.926 bits per heavy atom. The smallest absolute Gasteiger partial charge is 0.411 e. The van der Waals surface area contributed by atoms with Crippen LogP contribution in [-0.4, -0.2) is 123 Å². The molecule has 2 fully saturated rings. The number of rotatable bonds is 12. The average molecular weight is 786 g/mol. The first-order chi connectivity index (χ1) is 25.6. The van der Waals surface area contributed by atoms with Crippen molar-refractivity contribution in [1.82, 2.24) is 35.0 Å². The maximum atomic E-state index is 13.0. The molecular weight excluding hydrogens is 739 g/mol. The molecule has 54 heavy (non-hydrogen) atoms. The largest absolute Gasteiger partial charge is 0.480 e. The molecule has 0 bridgehead atoms. The van der Waals surface area contributed by atoms with Crippen LogP contribution in [0.25, 0.3) is 11.3 Å². The minimum absolute atomic E-state index is 0.00922. The van der Waals surface area contributed by atoms with Crippen molar-refractivity contribution in [3.63, 3.8) is 0 Å². The molecule has 0 atom stereocenters. The van der Waals surface area contributed by atoms with Crippen LogP contribution in [0.5, 0.6) is 11.6 Å². The Labute approximate surface area is 324 Å². The van der Waals surface area contributed by atoms with Crippen molar-refractivity contribution < 1.29 is 33.8 Å². The Morgan fingerprint density at radius 3 is 2.17 bits per heavy atom. The second-order valence-electron chi connectivity index (χ2n) is 14.4. The quantitative estimate of drug-likeness (QED) is 0.254. The van der Waals surface area contributed by atoms with Gasteiger partial charge >= 0.3 is 12.1 Å². The Morgan fingerprint density at radius 2 is 1.57 bits per heavy atom. The van der Waals surface area contributed by atoms with Crippen LogP contribution >= 0.6 is 23.2 Å². The minimum Gasteiger partial charge on any atom is -0.480 e. The van der Waals surface area contributed by atoms with Crippen molar-refractivity contribution in [2.75, 3.05) is 63.8 Å². The Kier molecular flexibility index (Phi) is 13.5. The zero-order valence-electron chi connectivity index (χ0n) is 30.9. The Hall–Kier alpha value is -4.73.